The van der Waals surface area contributed by atoms with Crippen molar-refractivity contribution in [3.8, 4) is 11.5 Å². The molecular formula is C28H30ClF3N4O3. The molecule has 0 saturated carbocycles. The quantitative estimate of drug-likeness (QED) is 0.414. The van der Waals surface area contributed by atoms with Crippen molar-refractivity contribution in [2.24, 2.45) is 0 Å². The number of nitrogens with zero attached hydrogens (tertiary/aromatic N) is 4. The van der Waals surface area contributed by atoms with Gasteiger partial charge in [-0.1, -0.05) is 12.1 Å². The van der Waals surface area contributed by atoms with Gasteiger partial charge >= 0.3 is 6.18 Å². The lowest BCUT2D eigenvalue weighted by Crippen LogP contribution is -2.53. The zero-order chi connectivity index (χ0) is 26.7. The number of alkyl halides is 3. The number of carbonyl (C=O) groups excluding carboxylic acids is 1. The topological polar surface area (TPSA) is 58.1 Å². The summed E-state index contributed by atoms with van der Waals surface area (Å²) in [6.07, 6.45) is -2.87. The summed E-state index contributed by atoms with van der Waals surface area (Å²) < 4.78 is 50.6. The van der Waals surface area contributed by atoms with Crippen LogP contribution in [-0.4, -0.2) is 67.8 Å². The fraction of sp³-hybridized carbons (Fsp3) is 0.357. The molecule has 1 amide bonds. The van der Waals surface area contributed by atoms with E-state index in [-0.39, 0.29) is 24.0 Å². The fourth-order valence-corrected chi connectivity index (χ4v) is 4.84. The minimum atomic E-state index is -4.46. The molecule has 1 aromatic heterocycles. The first kappa shape index (κ1) is 28.5. The van der Waals surface area contributed by atoms with Gasteiger partial charge < -0.3 is 14.4 Å². The molecule has 3 aromatic rings. The number of hydrogen-bond acceptors (Lipinski definition) is 6. The Morgan fingerprint density at radius 2 is 1.69 bits per heavy atom. The number of hydrogen-bond donors (Lipinski definition) is 0. The first-order valence-corrected chi connectivity index (χ1v) is 12.6. The van der Waals surface area contributed by atoms with Crippen LogP contribution in [0.4, 0.5) is 24.7 Å². The highest BCUT2D eigenvalue weighted by Gasteiger charge is 2.32. The van der Waals surface area contributed by atoms with Crippen LogP contribution < -0.4 is 19.3 Å². The molecular weight excluding hydrogens is 533 g/mol. The van der Waals surface area contributed by atoms with Gasteiger partial charge in [-0.05, 0) is 55.5 Å². The largest absolute Gasteiger partial charge is 0.486 e. The Bertz CT molecular complexity index is 1250. The molecule has 11 heteroatoms. The van der Waals surface area contributed by atoms with Crippen LogP contribution in [-0.2, 0) is 6.18 Å². The van der Waals surface area contributed by atoms with Gasteiger partial charge in [0.2, 0.25) is 0 Å². The predicted molar refractivity (Wildman–Crippen MR) is 145 cm³/mol. The van der Waals surface area contributed by atoms with Gasteiger partial charge in [0.1, 0.15) is 19.0 Å². The molecule has 0 aliphatic carbocycles. The summed E-state index contributed by atoms with van der Waals surface area (Å²) in [5.74, 6) is 1.60. The Labute approximate surface area is 231 Å². The highest BCUT2D eigenvalue weighted by molar-refractivity contribution is 6.05. The first-order valence-electron chi connectivity index (χ1n) is 12.6. The lowest BCUT2D eigenvalue weighted by atomic mass is 10.1. The minimum Gasteiger partial charge on any atom is -0.486 e. The molecule has 39 heavy (non-hydrogen) atoms. The van der Waals surface area contributed by atoms with Crippen LogP contribution in [0.1, 0.15) is 22.8 Å². The van der Waals surface area contributed by atoms with E-state index in [9.17, 15) is 18.0 Å². The Kier molecular flexibility index (Phi) is 8.87. The van der Waals surface area contributed by atoms with Crippen LogP contribution in [0.3, 0.4) is 0 Å². The number of amides is 1. The smallest absolute Gasteiger partial charge is 0.416 e. The molecule has 0 unspecified atom stereocenters. The highest BCUT2D eigenvalue weighted by atomic mass is 35.5. The summed E-state index contributed by atoms with van der Waals surface area (Å²) in [5, 5.41) is 0. The van der Waals surface area contributed by atoms with Crippen molar-refractivity contribution >= 4 is 29.8 Å². The van der Waals surface area contributed by atoms with Crippen LogP contribution in [0.15, 0.2) is 66.9 Å². The normalized spacial score (nSPS) is 16.3. The van der Waals surface area contributed by atoms with Gasteiger partial charge in [-0.15, -0.1) is 12.4 Å². The molecule has 2 aliphatic rings. The zero-order valence-electron chi connectivity index (χ0n) is 21.4. The minimum absolute atomic E-state index is 0. The number of piperazine rings is 1. The van der Waals surface area contributed by atoms with Crippen molar-refractivity contribution in [3.05, 3.63) is 78.0 Å². The number of fused-ring (bicyclic) bond motifs is 1. The van der Waals surface area contributed by atoms with Crippen molar-refractivity contribution in [3.63, 3.8) is 0 Å². The number of para-hydroxylation sites is 1. The second-order valence-electron chi connectivity index (χ2n) is 9.35. The van der Waals surface area contributed by atoms with E-state index in [0.29, 0.717) is 25.6 Å². The number of carbonyl (C=O) groups is 1. The molecule has 1 atom stereocenters. The number of ether oxygens (including phenoxy) is 2. The van der Waals surface area contributed by atoms with Crippen molar-refractivity contribution in [2.45, 2.75) is 19.1 Å². The summed E-state index contributed by atoms with van der Waals surface area (Å²) in [4.78, 5) is 23.9. The highest BCUT2D eigenvalue weighted by Crippen LogP contribution is 2.40. The molecule has 3 heterocycles. The van der Waals surface area contributed by atoms with E-state index in [1.54, 1.807) is 29.3 Å². The molecule has 0 radical (unpaired) electrons. The Hall–Kier alpha value is -3.50. The van der Waals surface area contributed by atoms with Gasteiger partial charge in [-0.2, -0.15) is 13.2 Å². The van der Waals surface area contributed by atoms with Gasteiger partial charge in [0.05, 0.1) is 11.3 Å². The third-order valence-electron chi connectivity index (χ3n) is 6.90. The Balaban J connectivity index is 0.00000353. The summed E-state index contributed by atoms with van der Waals surface area (Å²) in [6.45, 7) is 6.56. The van der Waals surface area contributed by atoms with Crippen LogP contribution in [0.25, 0.3) is 0 Å². The number of halogens is 4. The third kappa shape index (κ3) is 6.39. The second kappa shape index (κ2) is 12.1. The maximum Gasteiger partial charge on any atom is 0.416 e. The third-order valence-corrected chi connectivity index (χ3v) is 6.90. The van der Waals surface area contributed by atoms with Crippen LogP contribution >= 0.6 is 12.4 Å². The van der Waals surface area contributed by atoms with E-state index in [1.807, 2.05) is 25.1 Å². The van der Waals surface area contributed by atoms with E-state index in [4.69, 9.17) is 9.47 Å². The predicted octanol–water partition coefficient (Wildman–Crippen LogP) is 5.15. The average Bonchev–Trinajstić information content (AvgIpc) is 2.95. The van der Waals surface area contributed by atoms with Crippen LogP contribution in [0, 0.1) is 0 Å². The maximum absolute atomic E-state index is 13.5. The summed E-state index contributed by atoms with van der Waals surface area (Å²) >= 11 is 0. The number of pyridine rings is 1. The Morgan fingerprint density at radius 3 is 2.36 bits per heavy atom. The lowest BCUT2D eigenvalue weighted by molar-refractivity contribution is -0.137. The van der Waals surface area contributed by atoms with Crippen molar-refractivity contribution in [2.75, 3.05) is 55.7 Å². The maximum atomic E-state index is 13.5. The fourth-order valence-electron chi connectivity index (χ4n) is 4.84. The number of aromatic nitrogens is 1. The number of anilines is 2. The molecule has 0 N–H and O–H groups in total. The van der Waals surface area contributed by atoms with Crippen molar-refractivity contribution < 1.29 is 27.4 Å². The van der Waals surface area contributed by atoms with E-state index in [2.05, 4.69) is 14.8 Å². The molecule has 2 aromatic carbocycles. The molecule has 0 bridgehead atoms. The van der Waals surface area contributed by atoms with Gasteiger partial charge in [0.15, 0.2) is 11.5 Å². The first-order chi connectivity index (χ1) is 18.3. The van der Waals surface area contributed by atoms with Gasteiger partial charge in [0.25, 0.3) is 5.91 Å². The molecule has 208 valence electrons. The van der Waals surface area contributed by atoms with Crippen molar-refractivity contribution in [1.29, 1.82) is 0 Å². The van der Waals surface area contributed by atoms with Gasteiger partial charge in [-0.3, -0.25) is 14.6 Å². The van der Waals surface area contributed by atoms with Crippen LogP contribution in [0.5, 0.6) is 11.5 Å². The standard InChI is InChI=1S/C28H29F3N4O3.ClH/c1-20(33-13-15-34(16-14-33)23-5-4-6-24-26(23)38-18-17-37-24)19-35(25-7-2-3-12-32-25)27(36)21-8-10-22(11-9-21)28(29,30)31;/h2-12,20H,13-19H2,1H3;1H/t20-;/m1./s1. The summed E-state index contributed by atoms with van der Waals surface area (Å²) in [5.41, 5.74) is 0.403. The molecule has 5 rings (SSSR count). The average molecular weight is 563 g/mol. The lowest BCUT2D eigenvalue weighted by Gasteiger charge is -2.41. The molecule has 1 fully saturated rings. The molecule has 1 saturated heterocycles. The van der Waals surface area contributed by atoms with Gasteiger partial charge in [0, 0.05) is 50.5 Å². The van der Waals surface area contributed by atoms with Crippen molar-refractivity contribution in [1.82, 2.24) is 9.88 Å². The molecule has 0 spiro atoms. The summed E-state index contributed by atoms with van der Waals surface area (Å²) in [6, 6.07) is 15.5. The molecule has 7 nitrogen and oxygen atoms in total. The SMILES string of the molecule is C[C@H](CN(C(=O)c1ccc(C(F)(F)F)cc1)c1ccccn1)N1CCN(c2cccc3c2OCCO3)CC1.Cl. The zero-order valence-corrected chi connectivity index (χ0v) is 22.3. The summed E-state index contributed by atoms with van der Waals surface area (Å²) in [7, 11) is 0. The monoisotopic (exact) mass is 562 g/mol. The number of benzene rings is 2. The van der Waals surface area contributed by atoms with Crippen LogP contribution in [0.2, 0.25) is 0 Å². The van der Waals surface area contributed by atoms with E-state index >= 15 is 0 Å². The Morgan fingerprint density at radius 1 is 0.974 bits per heavy atom. The number of rotatable bonds is 6. The van der Waals surface area contributed by atoms with E-state index < -0.39 is 17.6 Å². The second-order valence-corrected chi connectivity index (χ2v) is 9.35. The van der Waals surface area contributed by atoms with Gasteiger partial charge in [-0.25, -0.2) is 4.98 Å². The van der Waals surface area contributed by atoms with E-state index in [1.165, 1.54) is 12.1 Å². The van der Waals surface area contributed by atoms with E-state index in [0.717, 1.165) is 55.5 Å². The molecule has 2 aliphatic heterocycles.